The summed E-state index contributed by atoms with van der Waals surface area (Å²) in [6, 6.07) is 0. The van der Waals surface area contributed by atoms with Crippen molar-refractivity contribution in [3.8, 4) is 0 Å². The van der Waals surface area contributed by atoms with Crippen molar-refractivity contribution < 1.29 is 14.3 Å². The first-order chi connectivity index (χ1) is 7.22. The maximum absolute atomic E-state index is 10.8. The predicted molar refractivity (Wildman–Crippen MR) is 59.2 cm³/mol. The normalized spacial score (nSPS) is 9.47. The summed E-state index contributed by atoms with van der Waals surface area (Å²) in [6.45, 7) is 3.93. The Bertz CT molecular complexity index is 227. The van der Waals surface area contributed by atoms with Gasteiger partial charge in [0.25, 0.3) is 0 Å². The van der Waals surface area contributed by atoms with Gasteiger partial charge in [-0.3, -0.25) is 4.79 Å². The van der Waals surface area contributed by atoms with Gasteiger partial charge in [0.15, 0.2) is 5.94 Å². The first-order valence-electron chi connectivity index (χ1n) is 5.61. The van der Waals surface area contributed by atoms with E-state index in [1.165, 1.54) is 38.5 Å². The minimum Gasteiger partial charge on any atom is -0.481 e. The number of ketones is 1. The summed E-state index contributed by atoms with van der Waals surface area (Å²) < 4.78 is 5.00. The Morgan fingerprint density at radius 3 is 2.27 bits per heavy atom. The number of Topliss-reactive ketones (excluding diaryl/α,β-unsaturated/α-hetero) is 1. The molecular weight excluding hydrogens is 192 g/mol. The van der Waals surface area contributed by atoms with E-state index in [2.05, 4.69) is 6.92 Å². The summed E-state index contributed by atoms with van der Waals surface area (Å²) in [7, 11) is 0. The topological polar surface area (TPSA) is 43.4 Å². The molecule has 0 saturated heterocycles. The molecule has 15 heavy (non-hydrogen) atoms. The molecule has 0 aromatic heterocycles. The SMILES string of the molecule is CCCCCCCCOC(=C=O)C(C)=O. The second kappa shape index (κ2) is 9.47. The van der Waals surface area contributed by atoms with Crippen LogP contribution in [0.15, 0.2) is 5.76 Å². The predicted octanol–water partition coefficient (Wildman–Crippen LogP) is 2.67. The number of hydrogen-bond acceptors (Lipinski definition) is 3. The van der Waals surface area contributed by atoms with Crippen molar-refractivity contribution >= 4 is 11.7 Å². The highest BCUT2D eigenvalue weighted by Gasteiger charge is 2.04. The van der Waals surface area contributed by atoms with Crippen LogP contribution >= 0.6 is 0 Å². The molecule has 0 fully saturated rings. The molecule has 86 valence electrons. The molecule has 0 aromatic rings. The Hall–Kier alpha value is -1.08. The summed E-state index contributed by atoms with van der Waals surface area (Å²) in [5.74, 6) is 0.979. The number of carbonyl (C=O) groups is 1. The van der Waals surface area contributed by atoms with Crippen LogP contribution in [0.1, 0.15) is 52.4 Å². The van der Waals surface area contributed by atoms with E-state index >= 15 is 0 Å². The Kier molecular flexibility index (Phi) is 8.79. The van der Waals surface area contributed by atoms with Gasteiger partial charge in [-0.05, 0) is 6.42 Å². The molecule has 0 aliphatic heterocycles. The van der Waals surface area contributed by atoms with Gasteiger partial charge < -0.3 is 4.74 Å². The summed E-state index contributed by atoms with van der Waals surface area (Å²) in [5, 5.41) is 0. The van der Waals surface area contributed by atoms with E-state index in [-0.39, 0.29) is 11.5 Å². The first kappa shape index (κ1) is 13.9. The number of rotatable bonds is 9. The van der Waals surface area contributed by atoms with E-state index in [1.807, 2.05) is 0 Å². The molecule has 0 unspecified atom stereocenters. The molecule has 0 radical (unpaired) electrons. The van der Waals surface area contributed by atoms with Crippen molar-refractivity contribution in [2.24, 2.45) is 0 Å². The largest absolute Gasteiger partial charge is 0.481 e. The number of carbonyl (C=O) groups excluding carboxylic acids is 2. The zero-order valence-electron chi connectivity index (χ0n) is 9.67. The molecule has 3 heteroatoms. The lowest BCUT2D eigenvalue weighted by atomic mass is 10.1. The Morgan fingerprint density at radius 2 is 1.73 bits per heavy atom. The van der Waals surface area contributed by atoms with Crippen LogP contribution in [-0.2, 0) is 14.3 Å². The average Bonchev–Trinajstić information content (AvgIpc) is 2.21. The van der Waals surface area contributed by atoms with E-state index in [1.54, 1.807) is 0 Å². The maximum Gasteiger partial charge on any atom is 0.247 e. The molecule has 0 aliphatic carbocycles. The highest BCUT2D eigenvalue weighted by atomic mass is 16.5. The average molecular weight is 212 g/mol. The molecule has 0 heterocycles. The fourth-order valence-electron chi connectivity index (χ4n) is 1.26. The minimum atomic E-state index is -0.351. The lowest BCUT2D eigenvalue weighted by Gasteiger charge is -2.03. The van der Waals surface area contributed by atoms with Gasteiger partial charge in [0.05, 0.1) is 6.61 Å². The second-order valence-corrected chi connectivity index (χ2v) is 3.60. The number of unbranched alkanes of at least 4 members (excludes halogenated alkanes) is 5. The third kappa shape index (κ3) is 7.95. The summed E-state index contributed by atoms with van der Waals surface area (Å²) in [5.41, 5.74) is 0. The Balaban J connectivity index is 3.38. The Morgan fingerprint density at radius 1 is 1.13 bits per heavy atom. The molecule has 0 N–H and O–H groups in total. The molecule has 0 aliphatic rings. The van der Waals surface area contributed by atoms with Crippen LogP contribution in [0.5, 0.6) is 0 Å². The molecule has 0 amide bonds. The van der Waals surface area contributed by atoms with Crippen molar-refractivity contribution in [3.63, 3.8) is 0 Å². The molecule has 0 spiro atoms. The van der Waals surface area contributed by atoms with Crippen LogP contribution in [0.25, 0.3) is 0 Å². The fraction of sp³-hybridized carbons (Fsp3) is 0.750. The van der Waals surface area contributed by atoms with Gasteiger partial charge in [0, 0.05) is 6.92 Å². The highest BCUT2D eigenvalue weighted by Crippen LogP contribution is 2.06. The third-order valence-corrected chi connectivity index (χ3v) is 2.16. The van der Waals surface area contributed by atoms with Gasteiger partial charge in [-0.15, -0.1) is 0 Å². The Labute approximate surface area is 91.5 Å². The monoisotopic (exact) mass is 212 g/mol. The van der Waals surface area contributed by atoms with E-state index in [0.29, 0.717) is 6.61 Å². The molecular formula is C12H20O3. The highest BCUT2D eigenvalue weighted by molar-refractivity contribution is 5.98. The molecule has 0 atom stereocenters. The van der Waals surface area contributed by atoms with Crippen LogP contribution in [0.2, 0.25) is 0 Å². The molecule has 0 rings (SSSR count). The van der Waals surface area contributed by atoms with Gasteiger partial charge in [-0.1, -0.05) is 39.0 Å². The van der Waals surface area contributed by atoms with Gasteiger partial charge in [0.1, 0.15) is 0 Å². The second-order valence-electron chi connectivity index (χ2n) is 3.60. The summed E-state index contributed by atoms with van der Waals surface area (Å²) in [4.78, 5) is 21.0. The zero-order chi connectivity index (χ0) is 11.5. The smallest absolute Gasteiger partial charge is 0.247 e. The van der Waals surface area contributed by atoms with Crippen LogP contribution in [-0.4, -0.2) is 18.3 Å². The van der Waals surface area contributed by atoms with Gasteiger partial charge in [0.2, 0.25) is 11.5 Å². The summed E-state index contributed by atoms with van der Waals surface area (Å²) in [6.07, 6.45) is 6.93. The van der Waals surface area contributed by atoms with E-state index in [4.69, 9.17) is 4.74 Å². The van der Waals surface area contributed by atoms with E-state index in [0.717, 1.165) is 12.8 Å². The number of ether oxygens (including phenoxy) is 1. The van der Waals surface area contributed by atoms with Crippen molar-refractivity contribution in [1.82, 2.24) is 0 Å². The quantitative estimate of drug-likeness (QED) is 0.255. The zero-order valence-corrected chi connectivity index (χ0v) is 9.67. The molecule has 0 saturated carbocycles. The van der Waals surface area contributed by atoms with Crippen LogP contribution in [0.4, 0.5) is 0 Å². The van der Waals surface area contributed by atoms with Gasteiger partial charge in [-0.25, -0.2) is 4.79 Å². The van der Waals surface area contributed by atoms with Crippen molar-refractivity contribution in [2.75, 3.05) is 6.61 Å². The minimum absolute atomic E-state index is 0.177. The third-order valence-electron chi connectivity index (χ3n) is 2.16. The summed E-state index contributed by atoms with van der Waals surface area (Å²) >= 11 is 0. The van der Waals surface area contributed by atoms with Gasteiger partial charge >= 0.3 is 0 Å². The lowest BCUT2D eigenvalue weighted by molar-refractivity contribution is -0.116. The lowest BCUT2D eigenvalue weighted by Crippen LogP contribution is -2.04. The van der Waals surface area contributed by atoms with Crippen molar-refractivity contribution in [2.45, 2.75) is 52.4 Å². The molecule has 0 bridgehead atoms. The van der Waals surface area contributed by atoms with Crippen LogP contribution in [0, 0.1) is 0 Å². The van der Waals surface area contributed by atoms with Crippen molar-refractivity contribution in [1.29, 1.82) is 0 Å². The number of hydrogen-bond donors (Lipinski definition) is 0. The first-order valence-corrected chi connectivity index (χ1v) is 5.61. The maximum atomic E-state index is 10.8. The van der Waals surface area contributed by atoms with Gasteiger partial charge in [-0.2, -0.15) is 0 Å². The standard InChI is InChI=1S/C12H20O3/c1-3-4-5-6-7-8-9-15-12(10-13)11(2)14/h3-9H2,1-2H3. The van der Waals surface area contributed by atoms with Crippen molar-refractivity contribution in [3.05, 3.63) is 5.76 Å². The van der Waals surface area contributed by atoms with Crippen LogP contribution < -0.4 is 0 Å². The molecule has 3 nitrogen and oxygen atoms in total. The van der Waals surface area contributed by atoms with E-state index in [9.17, 15) is 9.59 Å². The van der Waals surface area contributed by atoms with E-state index < -0.39 is 0 Å². The van der Waals surface area contributed by atoms with Crippen LogP contribution in [0.3, 0.4) is 0 Å². The fourth-order valence-corrected chi connectivity index (χ4v) is 1.26. The molecule has 0 aromatic carbocycles. The number of allylic oxidation sites excluding steroid dienone is 1.